The van der Waals surface area contributed by atoms with E-state index in [9.17, 15) is 14.7 Å². The Bertz CT molecular complexity index is 1120. The molecule has 2 N–H and O–H groups in total. The molecule has 3 aromatic rings. The summed E-state index contributed by atoms with van der Waals surface area (Å²) < 4.78 is 0. The highest BCUT2D eigenvalue weighted by atomic mass is 16.4. The van der Waals surface area contributed by atoms with Gasteiger partial charge in [-0.1, -0.05) is 36.4 Å². The van der Waals surface area contributed by atoms with Gasteiger partial charge in [0, 0.05) is 11.9 Å². The number of carboxylic acids is 1. The molecule has 0 saturated carbocycles. The standard InChI is InChI=1S/C22H18N2O4/c1-2-24-19(14-7-9-15(10-8-14)22(27)28)18(20(25)21(24)26)17-12-11-13-5-3-4-6-16(13)23-17/h3-12,19,25H,2H2,1H3,(H,27,28). The van der Waals surface area contributed by atoms with Crippen LogP contribution in [0, 0.1) is 0 Å². The molecule has 1 aliphatic rings. The van der Waals surface area contributed by atoms with Gasteiger partial charge in [0.2, 0.25) is 0 Å². The molecule has 2 heterocycles. The van der Waals surface area contributed by atoms with Crippen LogP contribution in [-0.2, 0) is 4.79 Å². The Kier molecular flexibility index (Phi) is 4.31. The highest BCUT2D eigenvalue weighted by Gasteiger charge is 2.40. The first kappa shape index (κ1) is 17.7. The lowest BCUT2D eigenvalue weighted by molar-refractivity contribution is -0.129. The van der Waals surface area contributed by atoms with Crippen LogP contribution in [0.25, 0.3) is 16.5 Å². The number of fused-ring (bicyclic) bond motifs is 1. The van der Waals surface area contributed by atoms with Crippen LogP contribution in [0.4, 0.5) is 0 Å². The van der Waals surface area contributed by atoms with Crippen molar-refractivity contribution in [1.29, 1.82) is 0 Å². The molecule has 0 aliphatic carbocycles. The third kappa shape index (κ3) is 2.79. The van der Waals surface area contributed by atoms with Crippen molar-refractivity contribution in [2.75, 3.05) is 6.54 Å². The molecular weight excluding hydrogens is 356 g/mol. The van der Waals surface area contributed by atoms with E-state index >= 15 is 0 Å². The van der Waals surface area contributed by atoms with Gasteiger partial charge in [-0.15, -0.1) is 0 Å². The summed E-state index contributed by atoms with van der Waals surface area (Å²) in [6.07, 6.45) is 0. The predicted octanol–water partition coefficient (Wildman–Crippen LogP) is 3.81. The molecule has 0 radical (unpaired) electrons. The average Bonchev–Trinajstić information content (AvgIpc) is 2.98. The smallest absolute Gasteiger partial charge is 0.335 e. The minimum Gasteiger partial charge on any atom is -0.503 e. The van der Waals surface area contributed by atoms with E-state index in [-0.39, 0.29) is 11.3 Å². The normalized spacial score (nSPS) is 16.8. The molecule has 1 unspecified atom stereocenters. The molecular formula is C22H18N2O4. The van der Waals surface area contributed by atoms with Gasteiger partial charge >= 0.3 is 5.97 Å². The lowest BCUT2D eigenvalue weighted by Gasteiger charge is -2.26. The summed E-state index contributed by atoms with van der Waals surface area (Å²) in [5, 5.41) is 20.7. The van der Waals surface area contributed by atoms with E-state index in [1.165, 1.54) is 12.1 Å². The molecule has 1 aliphatic heterocycles. The zero-order valence-corrected chi connectivity index (χ0v) is 15.2. The summed E-state index contributed by atoms with van der Waals surface area (Å²) in [7, 11) is 0. The number of aliphatic hydroxyl groups is 1. The molecule has 1 amide bonds. The van der Waals surface area contributed by atoms with Gasteiger partial charge in [0.25, 0.3) is 5.91 Å². The molecule has 6 nitrogen and oxygen atoms in total. The quantitative estimate of drug-likeness (QED) is 0.725. The van der Waals surface area contributed by atoms with Crippen molar-refractivity contribution in [1.82, 2.24) is 9.88 Å². The summed E-state index contributed by atoms with van der Waals surface area (Å²) in [6.45, 7) is 2.23. The molecule has 1 aromatic heterocycles. The Balaban J connectivity index is 1.86. The number of aliphatic hydroxyl groups excluding tert-OH is 1. The van der Waals surface area contributed by atoms with Crippen LogP contribution in [0.3, 0.4) is 0 Å². The number of nitrogens with zero attached hydrogens (tertiary/aromatic N) is 2. The number of hydrogen-bond acceptors (Lipinski definition) is 4. The molecule has 0 spiro atoms. The minimum absolute atomic E-state index is 0.162. The largest absolute Gasteiger partial charge is 0.503 e. The zero-order chi connectivity index (χ0) is 19.8. The fourth-order valence-electron chi connectivity index (χ4n) is 3.61. The van der Waals surface area contributed by atoms with Crippen LogP contribution >= 0.6 is 0 Å². The number of carbonyl (C=O) groups is 2. The van der Waals surface area contributed by atoms with E-state index in [2.05, 4.69) is 4.98 Å². The second-order valence-corrected chi connectivity index (χ2v) is 6.57. The van der Waals surface area contributed by atoms with Gasteiger partial charge < -0.3 is 15.1 Å². The Morgan fingerprint density at radius 3 is 2.46 bits per heavy atom. The number of benzene rings is 2. The Morgan fingerprint density at radius 1 is 1.07 bits per heavy atom. The molecule has 0 saturated heterocycles. The van der Waals surface area contributed by atoms with Gasteiger partial charge in [-0.05, 0) is 36.8 Å². The number of carbonyl (C=O) groups excluding carboxylic acids is 1. The topological polar surface area (TPSA) is 90.7 Å². The van der Waals surface area contributed by atoms with Gasteiger partial charge in [-0.3, -0.25) is 4.79 Å². The highest BCUT2D eigenvalue weighted by molar-refractivity contribution is 6.05. The number of carboxylic acid groups (broad SMARTS) is 1. The van der Waals surface area contributed by atoms with Crippen LogP contribution in [0.1, 0.15) is 34.6 Å². The second kappa shape index (κ2) is 6.81. The fraction of sp³-hybridized carbons (Fsp3) is 0.136. The van der Waals surface area contributed by atoms with Gasteiger partial charge in [0.15, 0.2) is 5.76 Å². The number of pyridine rings is 1. The van der Waals surface area contributed by atoms with Crippen molar-refractivity contribution in [3.63, 3.8) is 0 Å². The summed E-state index contributed by atoms with van der Waals surface area (Å²) >= 11 is 0. The number of para-hydroxylation sites is 1. The summed E-state index contributed by atoms with van der Waals surface area (Å²) in [5.74, 6) is -1.80. The van der Waals surface area contributed by atoms with Gasteiger partial charge in [-0.25, -0.2) is 9.78 Å². The first-order valence-corrected chi connectivity index (χ1v) is 8.94. The first-order chi connectivity index (χ1) is 13.5. The Labute approximate surface area is 161 Å². The van der Waals surface area contributed by atoms with Crippen molar-refractivity contribution >= 4 is 28.4 Å². The first-order valence-electron chi connectivity index (χ1n) is 8.94. The van der Waals surface area contributed by atoms with Crippen molar-refractivity contribution in [2.45, 2.75) is 13.0 Å². The Morgan fingerprint density at radius 2 is 1.79 bits per heavy atom. The van der Waals surface area contributed by atoms with E-state index < -0.39 is 17.9 Å². The molecule has 28 heavy (non-hydrogen) atoms. The number of likely N-dealkylation sites (N-methyl/N-ethyl adjacent to an activating group) is 1. The van der Waals surface area contributed by atoms with Crippen molar-refractivity contribution in [3.05, 3.63) is 83.2 Å². The van der Waals surface area contributed by atoms with Gasteiger partial charge in [0.05, 0.1) is 28.4 Å². The zero-order valence-electron chi connectivity index (χ0n) is 15.2. The third-order valence-electron chi connectivity index (χ3n) is 4.99. The maximum Gasteiger partial charge on any atom is 0.335 e. The van der Waals surface area contributed by atoms with Crippen LogP contribution < -0.4 is 0 Å². The number of aromatic nitrogens is 1. The summed E-state index contributed by atoms with van der Waals surface area (Å²) in [5.41, 5.74) is 2.60. The summed E-state index contributed by atoms with van der Waals surface area (Å²) in [4.78, 5) is 30.0. The SMILES string of the molecule is CCN1C(=O)C(O)=C(c2ccc3ccccc3n2)C1c1ccc(C(=O)O)cc1. The van der Waals surface area contributed by atoms with Crippen molar-refractivity contribution in [3.8, 4) is 0 Å². The molecule has 0 fully saturated rings. The van der Waals surface area contributed by atoms with Crippen LogP contribution in [-0.4, -0.2) is 38.5 Å². The lowest BCUT2D eigenvalue weighted by atomic mass is 9.95. The summed E-state index contributed by atoms with van der Waals surface area (Å²) in [6, 6.07) is 17.1. The monoisotopic (exact) mass is 374 g/mol. The molecule has 0 bridgehead atoms. The van der Waals surface area contributed by atoms with Gasteiger partial charge in [0.1, 0.15) is 0 Å². The average molecular weight is 374 g/mol. The maximum atomic E-state index is 12.6. The third-order valence-corrected chi connectivity index (χ3v) is 4.99. The number of hydrogen-bond donors (Lipinski definition) is 2. The van der Waals surface area contributed by atoms with E-state index in [0.717, 1.165) is 10.9 Å². The van der Waals surface area contributed by atoms with E-state index in [1.54, 1.807) is 23.1 Å². The molecule has 2 aromatic carbocycles. The maximum absolute atomic E-state index is 12.6. The number of amides is 1. The predicted molar refractivity (Wildman–Crippen MR) is 105 cm³/mol. The number of aromatic carboxylic acids is 1. The van der Waals surface area contributed by atoms with Gasteiger partial charge in [-0.2, -0.15) is 0 Å². The minimum atomic E-state index is -1.02. The molecule has 4 rings (SSSR count). The second-order valence-electron chi connectivity index (χ2n) is 6.57. The van der Waals surface area contributed by atoms with Crippen LogP contribution in [0.15, 0.2) is 66.4 Å². The van der Waals surface area contributed by atoms with E-state index in [4.69, 9.17) is 5.11 Å². The van der Waals surface area contributed by atoms with E-state index in [1.807, 2.05) is 37.3 Å². The highest BCUT2D eigenvalue weighted by Crippen LogP contribution is 2.42. The van der Waals surface area contributed by atoms with Crippen LogP contribution in [0.5, 0.6) is 0 Å². The molecule has 140 valence electrons. The van der Waals surface area contributed by atoms with Crippen LogP contribution in [0.2, 0.25) is 0 Å². The fourth-order valence-corrected chi connectivity index (χ4v) is 3.61. The lowest BCUT2D eigenvalue weighted by Crippen LogP contribution is -2.30. The number of rotatable bonds is 4. The van der Waals surface area contributed by atoms with Crippen molar-refractivity contribution < 1.29 is 19.8 Å². The molecule has 1 atom stereocenters. The molecule has 6 heteroatoms. The van der Waals surface area contributed by atoms with E-state index in [0.29, 0.717) is 23.4 Å². The Hall–Kier alpha value is -3.67. The van der Waals surface area contributed by atoms with Crippen molar-refractivity contribution in [2.24, 2.45) is 0 Å².